The molecule has 2 heterocycles. The number of imidazole rings is 1. The Balaban J connectivity index is 1.45. The van der Waals surface area contributed by atoms with E-state index in [0.29, 0.717) is 19.0 Å². The summed E-state index contributed by atoms with van der Waals surface area (Å²) >= 11 is 3.44. The van der Waals surface area contributed by atoms with Gasteiger partial charge in [-0.25, -0.2) is 19.8 Å². The van der Waals surface area contributed by atoms with Crippen LogP contribution >= 0.6 is 15.9 Å². The van der Waals surface area contributed by atoms with Gasteiger partial charge in [-0.2, -0.15) is 0 Å². The van der Waals surface area contributed by atoms with Gasteiger partial charge in [-0.1, -0.05) is 58.4 Å². The third-order valence-corrected chi connectivity index (χ3v) is 4.94. The van der Waals surface area contributed by atoms with Gasteiger partial charge in [0.1, 0.15) is 6.61 Å². The molecule has 0 unspecified atom stereocenters. The van der Waals surface area contributed by atoms with E-state index >= 15 is 0 Å². The van der Waals surface area contributed by atoms with Gasteiger partial charge < -0.3 is 9.72 Å². The summed E-state index contributed by atoms with van der Waals surface area (Å²) < 4.78 is 6.49. The number of halogens is 1. The van der Waals surface area contributed by atoms with Crippen molar-refractivity contribution in [1.29, 1.82) is 0 Å². The van der Waals surface area contributed by atoms with Crippen LogP contribution in [0.1, 0.15) is 12.0 Å². The quantitative estimate of drug-likeness (QED) is 0.661. The highest BCUT2D eigenvalue weighted by atomic mass is 79.9. The Kier molecular flexibility index (Phi) is 5.11. The molecule has 1 aliphatic rings. The second-order valence-corrected chi connectivity index (χ2v) is 7.18. The molecular weight excluding hydrogens is 408 g/mol. The van der Waals surface area contributed by atoms with Gasteiger partial charge in [-0.3, -0.25) is 0 Å². The zero-order chi connectivity index (χ0) is 18.6. The van der Waals surface area contributed by atoms with Crippen LogP contribution in [-0.2, 0) is 11.3 Å². The summed E-state index contributed by atoms with van der Waals surface area (Å²) in [7, 11) is 0. The lowest BCUT2D eigenvalue weighted by atomic mass is 10.2. The molecule has 138 valence electrons. The molecule has 0 atom stereocenters. The number of H-pyrrole nitrogens is 1. The second-order valence-electron chi connectivity index (χ2n) is 6.27. The van der Waals surface area contributed by atoms with Crippen LogP contribution in [0.5, 0.6) is 0 Å². The van der Waals surface area contributed by atoms with Gasteiger partial charge in [0, 0.05) is 17.6 Å². The minimum Gasteiger partial charge on any atom is -0.443 e. The van der Waals surface area contributed by atoms with Crippen molar-refractivity contribution in [2.75, 3.05) is 18.1 Å². The topological polar surface area (TPSA) is 61.5 Å². The van der Waals surface area contributed by atoms with Crippen LogP contribution in [0.2, 0.25) is 0 Å². The maximum atomic E-state index is 12.5. The summed E-state index contributed by atoms with van der Waals surface area (Å²) in [4.78, 5) is 20.3. The highest BCUT2D eigenvalue weighted by Crippen LogP contribution is 2.25. The lowest BCUT2D eigenvalue weighted by Gasteiger charge is -2.26. The Bertz CT molecular complexity index is 911. The molecule has 1 amide bonds. The normalized spacial score (nSPS) is 13.8. The van der Waals surface area contributed by atoms with E-state index in [1.165, 1.54) is 0 Å². The van der Waals surface area contributed by atoms with E-state index in [1.807, 2.05) is 59.6 Å². The predicted molar refractivity (Wildman–Crippen MR) is 107 cm³/mol. The number of aromatic nitrogens is 2. The molecule has 0 bridgehead atoms. The third-order valence-electron chi connectivity index (χ3n) is 4.41. The third kappa shape index (κ3) is 3.98. The average Bonchev–Trinajstić information content (AvgIpc) is 3.37. The number of rotatable bonds is 4. The Hall–Kier alpha value is -2.80. The van der Waals surface area contributed by atoms with E-state index < -0.39 is 0 Å². The highest BCUT2D eigenvalue weighted by Gasteiger charge is 2.30. The highest BCUT2D eigenvalue weighted by molar-refractivity contribution is 9.10. The summed E-state index contributed by atoms with van der Waals surface area (Å²) in [6, 6.07) is 17.7. The first-order valence-electron chi connectivity index (χ1n) is 8.77. The van der Waals surface area contributed by atoms with Gasteiger partial charge in [0.2, 0.25) is 5.95 Å². The van der Waals surface area contributed by atoms with Crippen LogP contribution in [0, 0.1) is 0 Å². The van der Waals surface area contributed by atoms with Gasteiger partial charge in [-0.15, -0.1) is 0 Å². The maximum Gasteiger partial charge on any atom is 0.429 e. The number of benzene rings is 2. The van der Waals surface area contributed by atoms with Gasteiger partial charge in [0.05, 0.1) is 11.9 Å². The fraction of sp³-hybridized carbons (Fsp3) is 0.200. The SMILES string of the molecule is O=C(OCc1ccccc1)N1CCCN1c1ncc(-c2ccc(Br)cc2)[nH]1. The van der Waals surface area contributed by atoms with Gasteiger partial charge in [-0.05, 0) is 29.7 Å². The van der Waals surface area contributed by atoms with Crippen molar-refractivity contribution in [2.45, 2.75) is 13.0 Å². The smallest absolute Gasteiger partial charge is 0.429 e. The van der Waals surface area contributed by atoms with Crippen LogP contribution in [-0.4, -0.2) is 34.2 Å². The number of carbonyl (C=O) groups is 1. The molecular formula is C20H19BrN4O2. The van der Waals surface area contributed by atoms with Crippen LogP contribution < -0.4 is 5.01 Å². The number of hydrazine groups is 1. The first kappa shape index (κ1) is 17.6. The standard InChI is InChI=1S/C20H19BrN4O2/c21-17-9-7-16(8-10-17)18-13-22-19(23-18)24-11-4-12-25(24)20(26)27-14-15-5-2-1-3-6-15/h1-3,5-10,13H,4,11-12,14H2,(H,22,23). The van der Waals surface area contributed by atoms with Gasteiger partial charge in [0.15, 0.2) is 0 Å². The van der Waals surface area contributed by atoms with Crippen LogP contribution in [0.25, 0.3) is 11.3 Å². The molecule has 27 heavy (non-hydrogen) atoms. The number of anilines is 1. The maximum absolute atomic E-state index is 12.5. The lowest BCUT2D eigenvalue weighted by molar-refractivity contribution is 0.100. The van der Waals surface area contributed by atoms with Crippen molar-refractivity contribution in [1.82, 2.24) is 15.0 Å². The zero-order valence-corrected chi connectivity index (χ0v) is 16.2. The Labute approximate surface area is 165 Å². The van der Waals surface area contributed by atoms with Crippen LogP contribution in [0.3, 0.4) is 0 Å². The molecule has 4 rings (SSSR count). The number of nitrogens with one attached hydrogen (secondary N) is 1. The van der Waals surface area contributed by atoms with Crippen molar-refractivity contribution in [3.8, 4) is 11.3 Å². The van der Waals surface area contributed by atoms with Crippen molar-refractivity contribution in [2.24, 2.45) is 0 Å². The molecule has 1 aliphatic heterocycles. The Morgan fingerprint density at radius 1 is 1.11 bits per heavy atom. The Morgan fingerprint density at radius 3 is 2.67 bits per heavy atom. The molecule has 3 aromatic rings. The molecule has 0 spiro atoms. The summed E-state index contributed by atoms with van der Waals surface area (Å²) in [6.07, 6.45) is 2.29. The van der Waals surface area contributed by atoms with E-state index in [2.05, 4.69) is 25.9 Å². The monoisotopic (exact) mass is 426 g/mol. The molecule has 0 aliphatic carbocycles. The second kappa shape index (κ2) is 7.84. The molecule has 2 aromatic carbocycles. The summed E-state index contributed by atoms with van der Waals surface area (Å²) in [5.41, 5.74) is 2.91. The number of carbonyl (C=O) groups excluding carboxylic acids is 1. The number of hydrogen-bond donors (Lipinski definition) is 1. The fourth-order valence-corrected chi connectivity index (χ4v) is 3.30. The number of ether oxygens (including phenoxy) is 1. The number of amides is 1. The molecule has 0 saturated carbocycles. The van der Waals surface area contributed by atoms with Crippen LogP contribution in [0.4, 0.5) is 10.7 Å². The lowest BCUT2D eigenvalue weighted by Crippen LogP contribution is -2.42. The summed E-state index contributed by atoms with van der Waals surface area (Å²) in [6.45, 7) is 1.59. The Morgan fingerprint density at radius 2 is 1.89 bits per heavy atom. The minimum atomic E-state index is -0.363. The van der Waals surface area contributed by atoms with Crippen molar-refractivity contribution < 1.29 is 9.53 Å². The molecule has 0 radical (unpaired) electrons. The predicted octanol–water partition coefficient (Wildman–Crippen LogP) is 4.60. The zero-order valence-electron chi connectivity index (χ0n) is 14.6. The molecule has 6 nitrogen and oxygen atoms in total. The van der Waals surface area contributed by atoms with E-state index in [-0.39, 0.29) is 12.7 Å². The number of hydrogen-bond acceptors (Lipinski definition) is 4. The number of aromatic amines is 1. The van der Waals surface area contributed by atoms with Gasteiger partial charge in [0.25, 0.3) is 0 Å². The van der Waals surface area contributed by atoms with E-state index in [1.54, 1.807) is 11.2 Å². The first-order valence-corrected chi connectivity index (χ1v) is 9.56. The van der Waals surface area contributed by atoms with Crippen LogP contribution in [0.15, 0.2) is 65.3 Å². The largest absolute Gasteiger partial charge is 0.443 e. The van der Waals surface area contributed by atoms with E-state index in [9.17, 15) is 4.79 Å². The molecule has 1 fully saturated rings. The van der Waals surface area contributed by atoms with Crippen molar-refractivity contribution in [3.63, 3.8) is 0 Å². The van der Waals surface area contributed by atoms with E-state index in [4.69, 9.17) is 4.74 Å². The first-order chi connectivity index (χ1) is 13.2. The average molecular weight is 427 g/mol. The molecule has 1 N–H and O–H groups in total. The fourth-order valence-electron chi connectivity index (χ4n) is 3.03. The molecule has 1 saturated heterocycles. The summed E-state index contributed by atoms with van der Waals surface area (Å²) in [5, 5.41) is 3.45. The number of nitrogens with zero attached hydrogens (tertiary/aromatic N) is 3. The molecule has 7 heteroatoms. The summed E-state index contributed by atoms with van der Waals surface area (Å²) in [5.74, 6) is 0.641. The van der Waals surface area contributed by atoms with E-state index in [0.717, 1.165) is 27.7 Å². The van der Waals surface area contributed by atoms with Crippen molar-refractivity contribution >= 4 is 28.0 Å². The minimum absolute atomic E-state index is 0.256. The van der Waals surface area contributed by atoms with Gasteiger partial charge >= 0.3 is 6.09 Å². The molecule has 1 aromatic heterocycles. The van der Waals surface area contributed by atoms with Crippen molar-refractivity contribution in [3.05, 3.63) is 70.8 Å².